The van der Waals surface area contributed by atoms with Gasteiger partial charge in [-0.05, 0) is 23.3 Å². The second kappa shape index (κ2) is 11.1. The first-order valence-electron chi connectivity index (χ1n) is 13.2. The van der Waals surface area contributed by atoms with E-state index in [1.165, 1.54) is 27.7 Å². The van der Waals surface area contributed by atoms with Gasteiger partial charge in [0.05, 0.1) is 44.8 Å². The molecule has 0 aliphatic carbocycles. The number of aliphatic carboxylic acids is 1. The highest BCUT2D eigenvalue weighted by molar-refractivity contribution is 8.03. The van der Waals surface area contributed by atoms with E-state index in [9.17, 15) is 19.5 Å². The molecule has 2 saturated heterocycles. The number of nitrogens with two attached hydrogens (primary N) is 1. The van der Waals surface area contributed by atoms with Gasteiger partial charge in [0.2, 0.25) is 11.8 Å². The van der Waals surface area contributed by atoms with Gasteiger partial charge in [-0.3, -0.25) is 14.3 Å². The van der Waals surface area contributed by atoms with Crippen molar-refractivity contribution in [3.8, 4) is 0 Å². The molecule has 5 rings (SSSR count). The van der Waals surface area contributed by atoms with Crippen molar-refractivity contribution in [2.24, 2.45) is 17.6 Å². The minimum absolute atomic E-state index is 0.0236. The average molecular weight is 560 g/mol. The molecule has 15 heteroatoms. The van der Waals surface area contributed by atoms with Gasteiger partial charge >= 0.3 is 5.97 Å². The number of carboxylic acids is 1. The van der Waals surface area contributed by atoms with E-state index in [4.69, 9.17) is 5.73 Å². The second-order valence-corrected chi connectivity index (χ2v) is 12.1. The fourth-order valence-electron chi connectivity index (χ4n) is 6.00. The van der Waals surface area contributed by atoms with Crippen LogP contribution in [0, 0.1) is 11.8 Å². The Bertz CT molecular complexity index is 1250. The molecular formula is C24H35N10O4S+. The summed E-state index contributed by atoms with van der Waals surface area (Å²) in [7, 11) is 2.27. The summed E-state index contributed by atoms with van der Waals surface area (Å²) < 4.78 is 4.25. The van der Waals surface area contributed by atoms with E-state index < -0.39 is 17.9 Å². The largest absolute Gasteiger partial charge is 0.477 e. The first kappa shape index (κ1) is 27.3. The topological polar surface area (TPSA) is 174 Å². The zero-order valence-corrected chi connectivity index (χ0v) is 23.0. The summed E-state index contributed by atoms with van der Waals surface area (Å²) in [6.07, 6.45) is 7.71. The van der Waals surface area contributed by atoms with Gasteiger partial charge in [0, 0.05) is 54.4 Å². The Labute approximate surface area is 230 Å². The summed E-state index contributed by atoms with van der Waals surface area (Å²) in [5.41, 5.74) is 5.80. The van der Waals surface area contributed by atoms with Crippen molar-refractivity contribution < 1.29 is 24.0 Å². The first-order chi connectivity index (χ1) is 18.7. The molecule has 3 aliphatic rings. The molecule has 210 valence electrons. The number of nitrogens with zero attached hydrogens (tertiary/aromatic N) is 8. The Kier molecular flexibility index (Phi) is 7.73. The number of nitrogens with one attached hydrogen (secondary N) is 1. The maximum absolute atomic E-state index is 13.0. The van der Waals surface area contributed by atoms with Crippen molar-refractivity contribution in [1.82, 2.24) is 40.2 Å². The standard InChI is InChI=1S/C24H34N10O4S/c1-15(28-20(35)13-32-14-26-29-30-32)21-18-9-19(22(24(37)38)33(18)23(21)36)39-17-10-27-31(12-17)11-16-3-6-34(2,7-4-16)8-5-25/h10,12,14-16,18,21H,3-9,11,13,25H2,1-2H3,(H-,28,35,37,38)/p+1/t15-,16?,18-,21-,34?/m1/s1. The van der Waals surface area contributed by atoms with Gasteiger partial charge < -0.3 is 25.5 Å². The third kappa shape index (κ3) is 5.70. The summed E-state index contributed by atoms with van der Waals surface area (Å²) in [6.45, 7) is 6.45. The summed E-state index contributed by atoms with van der Waals surface area (Å²) in [5.74, 6) is -1.71. The number of thioether (sulfide) groups is 1. The maximum Gasteiger partial charge on any atom is 0.353 e. The lowest BCUT2D eigenvalue weighted by molar-refractivity contribution is -0.913. The van der Waals surface area contributed by atoms with Gasteiger partial charge in [-0.1, -0.05) is 11.8 Å². The van der Waals surface area contributed by atoms with E-state index in [1.807, 2.05) is 10.9 Å². The molecule has 0 unspecified atom stereocenters. The number of hydrogen-bond donors (Lipinski definition) is 3. The number of amides is 2. The number of likely N-dealkylation sites (N-methyl/N-ethyl adjacent to an activating group) is 1. The van der Waals surface area contributed by atoms with Crippen LogP contribution in [0.4, 0.5) is 0 Å². The van der Waals surface area contributed by atoms with E-state index in [-0.39, 0.29) is 30.1 Å². The summed E-state index contributed by atoms with van der Waals surface area (Å²) in [5, 5.41) is 28.0. The molecule has 2 aromatic rings. The van der Waals surface area contributed by atoms with Gasteiger partial charge in [-0.25, -0.2) is 9.48 Å². The predicted molar refractivity (Wildman–Crippen MR) is 139 cm³/mol. The number of likely N-dealkylation sites (tertiary alicyclic amines) is 1. The lowest BCUT2D eigenvalue weighted by Gasteiger charge is -2.46. The van der Waals surface area contributed by atoms with E-state index in [1.54, 1.807) is 13.1 Å². The van der Waals surface area contributed by atoms with Gasteiger partial charge in [0.15, 0.2) is 0 Å². The van der Waals surface area contributed by atoms with Crippen LogP contribution in [0.2, 0.25) is 0 Å². The normalized spacial score (nSPS) is 27.3. The van der Waals surface area contributed by atoms with Crippen molar-refractivity contribution in [3.05, 3.63) is 29.3 Å². The summed E-state index contributed by atoms with van der Waals surface area (Å²) in [4.78, 5) is 40.4. The van der Waals surface area contributed by atoms with Crippen LogP contribution in [-0.2, 0) is 27.5 Å². The number of fused-ring (bicyclic) bond motifs is 1. The van der Waals surface area contributed by atoms with Crippen molar-refractivity contribution in [2.45, 2.75) is 56.3 Å². The molecule has 14 nitrogen and oxygen atoms in total. The van der Waals surface area contributed by atoms with Gasteiger partial charge in [-0.2, -0.15) is 5.10 Å². The lowest BCUT2D eigenvalue weighted by Crippen LogP contribution is -2.64. The number of quaternary nitrogens is 1. The first-order valence-corrected chi connectivity index (χ1v) is 14.0. The molecule has 0 spiro atoms. The predicted octanol–water partition coefficient (Wildman–Crippen LogP) is -0.491. The van der Waals surface area contributed by atoms with Gasteiger partial charge in [0.25, 0.3) is 0 Å². The smallest absolute Gasteiger partial charge is 0.353 e. The minimum atomic E-state index is -1.13. The van der Waals surface area contributed by atoms with E-state index in [2.05, 4.69) is 33.0 Å². The lowest BCUT2D eigenvalue weighted by atomic mass is 9.82. The van der Waals surface area contributed by atoms with Crippen LogP contribution in [0.25, 0.3) is 0 Å². The van der Waals surface area contributed by atoms with Crippen LogP contribution in [0.1, 0.15) is 26.2 Å². The molecule has 0 radical (unpaired) electrons. The Morgan fingerprint density at radius 2 is 2.08 bits per heavy atom. The minimum Gasteiger partial charge on any atom is -0.477 e. The zero-order valence-electron chi connectivity index (χ0n) is 22.1. The summed E-state index contributed by atoms with van der Waals surface area (Å²) in [6, 6.07) is -0.779. The van der Waals surface area contributed by atoms with Crippen LogP contribution in [0.15, 0.2) is 34.2 Å². The molecule has 5 heterocycles. The number of aromatic nitrogens is 6. The number of β-lactam (4-membered cyclic amide) rings is 1. The monoisotopic (exact) mass is 559 g/mol. The quantitative estimate of drug-likeness (QED) is 0.241. The van der Waals surface area contributed by atoms with Crippen LogP contribution >= 0.6 is 11.8 Å². The SMILES string of the molecule is C[C@@H](NC(=O)Cn1cnnn1)[C@H]1C(=O)N2C(C(=O)O)=C(Sc3cnn(CC4CC[N+](C)(CCN)CC4)c3)C[C@H]12. The van der Waals surface area contributed by atoms with Crippen LogP contribution in [0.3, 0.4) is 0 Å². The van der Waals surface area contributed by atoms with Gasteiger partial charge in [-0.15, -0.1) is 5.10 Å². The molecule has 0 bridgehead atoms. The summed E-state index contributed by atoms with van der Waals surface area (Å²) >= 11 is 1.35. The number of hydrogen-bond acceptors (Lipinski definition) is 9. The van der Waals surface area contributed by atoms with Gasteiger partial charge in [0.1, 0.15) is 18.6 Å². The number of carbonyl (C=O) groups excluding carboxylic acids is 2. The highest BCUT2D eigenvalue weighted by Gasteiger charge is 2.57. The Morgan fingerprint density at radius 3 is 2.74 bits per heavy atom. The molecule has 39 heavy (non-hydrogen) atoms. The molecule has 2 aromatic heterocycles. The van der Waals surface area contributed by atoms with Crippen LogP contribution < -0.4 is 11.1 Å². The highest BCUT2D eigenvalue weighted by Crippen LogP contribution is 2.48. The Morgan fingerprint density at radius 1 is 1.31 bits per heavy atom. The van der Waals surface area contributed by atoms with Crippen LogP contribution in [-0.4, -0.2) is 108 Å². The maximum atomic E-state index is 13.0. The number of carboxylic acid groups (broad SMARTS) is 1. The van der Waals surface area contributed by atoms with Crippen molar-refractivity contribution in [3.63, 3.8) is 0 Å². The molecule has 0 aromatic carbocycles. The Hall–Kier alpha value is -3.30. The molecular weight excluding hydrogens is 524 g/mol. The zero-order chi connectivity index (χ0) is 27.7. The molecule has 2 fully saturated rings. The molecule has 3 atom stereocenters. The van der Waals surface area contributed by atoms with Crippen molar-refractivity contribution in [2.75, 3.05) is 33.2 Å². The third-order valence-corrected chi connectivity index (χ3v) is 9.17. The van der Waals surface area contributed by atoms with E-state index >= 15 is 0 Å². The Balaban J connectivity index is 1.19. The molecule has 4 N–H and O–H groups in total. The fourth-order valence-corrected chi connectivity index (χ4v) is 7.09. The average Bonchev–Trinajstić information content (AvgIpc) is 3.61. The highest BCUT2D eigenvalue weighted by atomic mass is 32.2. The van der Waals surface area contributed by atoms with E-state index in [0.29, 0.717) is 23.8 Å². The number of piperidine rings is 1. The number of rotatable bonds is 11. The van der Waals surface area contributed by atoms with Crippen molar-refractivity contribution >= 4 is 29.5 Å². The second-order valence-electron chi connectivity index (χ2n) is 11.0. The molecule has 2 amide bonds. The molecule has 0 saturated carbocycles. The number of carbonyl (C=O) groups is 3. The molecule has 3 aliphatic heterocycles. The number of tetrazole rings is 1. The van der Waals surface area contributed by atoms with Crippen molar-refractivity contribution in [1.29, 1.82) is 0 Å². The third-order valence-electron chi connectivity index (χ3n) is 8.11. The van der Waals surface area contributed by atoms with Crippen LogP contribution in [0.5, 0.6) is 0 Å². The fraction of sp³-hybridized carbons (Fsp3) is 0.625. The van der Waals surface area contributed by atoms with E-state index in [0.717, 1.165) is 48.4 Å².